The van der Waals surface area contributed by atoms with Crippen LogP contribution in [0.5, 0.6) is 0 Å². The summed E-state index contributed by atoms with van der Waals surface area (Å²) in [5.41, 5.74) is 0. The average Bonchev–Trinajstić information content (AvgIpc) is 2.25. The lowest BCUT2D eigenvalue weighted by atomic mass is 10.2. The average molecular weight is 248 g/mol. The highest BCUT2D eigenvalue weighted by atomic mass is 16.5. The molecule has 3 N–H and O–H groups in total. The van der Waals surface area contributed by atoms with Crippen molar-refractivity contribution in [2.45, 2.75) is 25.4 Å². The van der Waals surface area contributed by atoms with Crippen molar-refractivity contribution in [1.29, 1.82) is 0 Å². The van der Waals surface area contributed by atoms with Crippen LogP contribution in [0.3, 0.4) is 0 Å². The maximum atomic E-state index is 11.4. The van der Waals surface area contributed by atoms with Crippen LogP contribution in [-0.2, 0) is 14.3 Å². The van der Waals surface area contributed by atoms with E-state index in [2.05, 4.69) is 10.6 Å². The van der Waals surface area contributed by atoms with Gasteiger partial charge in [0, 0.05) is 26.9 Å². The standard InChI is InChI=1S/C10H20N2O5/c1-7(4-5-16-2)11-10(15)12-8(6-17-3)9(13)14/h7-8H,4-6H2,1-3H3,(H,13,14)(H2,11,12,15). The van der Waals surface area contributed by atoms with Crippen LogP contribution in [-0.4, -0.2) is 56.6 Å². The second kappa shape index (κ2) is 8.77. The Morgan fingerprint density at radius 3 is 2.35 bits per heavy atom. The zero-order chi connectivity index (χ0) is 13.3. The zero-order valence-electron chi connectivity index (χ0n) is 10.4. The highest BCUT2D eigenvalue weighted by Gasteiger charge is 2.20. The number of carbonyl (C=O) groups excluding carboxylic acids is 1. The molecule has 7 nitrogen and oxygen atoms in total. The van der Waals surface area contributed by atoms with Gasteiger partial charge in [-0.25, -0.2) is 9.59 Å². The Balaban J connectivity index is 4.00. The van der Waals surface area contributed by atoms with Crippen molar-refractivity contribution in [3.8, 4) is 0 Å². The third kappa shape index (κ3) is 7.53. The smallest absolute Gasteiger partial charge is 0.328 e. The van der Waals surface area contributed by atoms with Gasteiger partial charge in [-0.05, 0) is 13.3 Å². The number of hydrogen-bond acceptors (Lipinski definition) is 4. The van der Waals surface area contributed by atoms with E-state index in [0.717, 1.165) is 0 Å². The van der Waals surface area contributed by atoms with E-state index in [9.17, 15) is 9.59 Å². The molecule has 0 spiro atoms. The molecular formula is C10H20N2O5. The van der Waals surface area contributed by atoms with Crippen molar-refractivity contribution in [2.24, 2.45) is 0 Å². The Labute approximate surface area is 100 Å². The molecule has 0 aromatic heterocycles. The van der Waals surface area contributed by atoms with Crippen LogP contribution in [0.1, 0.15) is 13.3 Å². The Kier molecular flexibility index (Phi) is 8.08. The Hall–Kier alpha value is -1.34. The van der Waals surface area contributed by atoms with E-state index in [-0.39, 0.29) is 12.6 Å². The summed E-state index contributed by atoms with van der Waals surface area (Å²) in [6, 6.07) is -1.67. The van der Waals surface area contributed by atoms with Gasteiger partial charge in [0.15, 0.2) is 6.04 Å². The highest BCUT2D eigenvalue weighted by Crippen LogP contribution is 1.92. The molecule has 17 heavy (non-hydrogen) atoms. The number of aliphatic carboxylic acids is 1. The topological polar surface area (TPSA) is 96.9 Å². The molecule has 0 fully saturated rings. The summed E-state index contributed by atoms with van der Waals surface area (Å²) in [7, 11) is 2.95. The molecule has 0 rings (SSSR count). The molecule has 0 aromatic rings. The van der Waals surface area contributed by atoms with Gasteiger partial charge in [0.25, 0.3) is 0 Å². The Morgan fingerprint density at radius 1 is 1.24 bits per heavy atom. The van der Waals surface area contributed by atoms with E-state index in [1.807, 2.05) is 6.92 Å². The summed E-state index contributed by atoms with van der Waals surface area (Å²) in [6.07, 6.45) is 0.659. The van der Waals surface area contributed by atoms with Crippen LogP contribution in [0.25, 0.3) is 0 Å². The molecule has 0 aliphatic rings. The first-order valence-electron chi connectivity index (χ1n) is 5.29. The van der Waals surface area contributed by atoms with Crippen molar-refractivity contribution in [3.05, 3.63) is 0 Å². The molecule has 0 aliphatic heterocycles. The predicted molar refractivity (Wildman–Crippen MR) is 60.9 cm³/mol. The van der Waals surface area contributed by atoms with E-state index in [1.54, 1.807) is 7.11 Å². The van der Waals surface area contributed by atoms with Crippen molar-refractivity contribution in [3.63, 3.8) is 0 Å². The normalized spacial score (nSPS) is 13.8. The van der Waals surface area contributed by atoms with Gasteiger partial charge in [0.1, 0.15) is 0 Å². The number of amides is 2. The van der Waals surface area contributed by atoms with Gasteiger partial charge in [-0.2, -0.15) is 0 Å². The van der Waals surface area contributed by atoms with E-state index in [0.29, 0.717) is 13.0 Å². The SMILES string of the molecule is COCCC(C)NC(=O)NC(COC)C(=O)O. The summed E-state index contributed by atoms with van der Waals surface area (Å²) in [5.74, 6) is -1.13. The van der Waals surface area contributed by atoms with Gasteiger partial charge in [0.05, 0.1) is 6.61 Å². The lowest BCUT2D eigenvalue weighted by Crippen LogP contribution is -2.50. The number of carbonyl (C=O) groups is 2. The fourth-order valence-electron chi connectivity index (χ4n) is 1.13. The van der Waals surface area contributed by atoms with Crippen molar-refractivity contribution < 1.29 is 24.2 Å². The summed E-state index contributed by atoms with van der Waals surface area (Å²) >= 11 is 0. The van der Waals surface area contributed by atoms with Crippen LogP contribution < -0.4 is 10.6 Å². The first kappa shape index (κ1) is 15.7. The number of ether oxygens (including phenoxy) is 2. The quantitative estimate of drug-likeness (QED) is 0.553. The second-order valence-electron chi connectivity index (χ2n) is 3.65. The summed E-state index contributed by atoms with van der Waals surface area (Å²) in [4.78, 5) is 22.2. The monoisotopic (exact) mass is 248 g/mol. The zero-order valence-corrected chi connectivity index (χ0v) is 10.4. The number of nitrogens with one attached hydrogen (secondary N) is 2. The van der Waals surface area contributed by atoms with Crippen molar-refractivity contribution in [1.82, 2.24) is 10.6 Å². The molecule has 0 aromatic carbocycles. The number of hydrogen-bond donors (Lipinski definition) is 3. The molecule has 2 amide bonds. The maximum Gasteiger partial charge on any atom is 0.328 e. The van der Waals surface area contributed by atoms with Crippen LogP contribution in [0.4, 0.5) is 4.79 Å². The molecule has 2 unspecified atom stereocenters. The summed E-state index contributed by atoms with van der Waals surface area (Å²) in [6.45, 7) is 2.27. The molecule has 0 bridgehead atoms. The lowest BCUT2D eigenvalue weighted by molar-refractivity contribution is -0.140. The van der Waals surface area contributed by atoms with Crippen LogP contribution >= 0.6 is 0 Å². The van der Waals surface area contributed by atoms with Gasteiger partial charge in [-0.3, -0.25) is 0 Å². The minimum atomic E-state index is -1.13. The van der Waals surface area contributed by atoms with Crippen LogP contribution in [0.2, 0.25) is 0 Å². The maximum absolute atomic E-state index is 11.4. The molecule has 0 heterocycles. The van der Waals surface area contributed by atoms with Crippen LogP contribution in [0, 0.1) is 0 Å². The fourth-order valence-corrected chi connectivity index (χ4v) is 1.13. The third-order valence-electron chi connectivity index (χ3n) is 2.07. The number of carboxylic acid groups (broad SMARTS) is 1. The second-order valence-corrected chi connectivity index (χ2v) is 3.65. The Bertz CT molecular complexity index is 247. The van der Waals surface area contributed by atoms with Gasteiger partial charge in [-0.1, -0.05) is 0 Å². The largest absolute Gasteiger partial charge is 0.480 e. The predicted octanol–water partition coefficient (Wildman–Crippen LogP) is -0.190. The van der Waals surface area contributed by atoms with E-state index in [4.69, 9.17) is 14.6 Å². The number of rotatable bonds is 8. The lowest BCUT2D eigenvalue weighted by Gasteiger charge is -2.17. The van der Waals surface area contributed by atoms with Crippen LogP contribution in [0.15, 0.2) is 0 Å². The third-order valence-corrected chi connectivity index (χ3v) is 2.07. The summed E-state index contributed by atoms with van der Waals surface area (Å²) < 4.78 is 9.56. The number of carboxylic acids is 1. The van der Waals surface area contributed by atoms with Gasteiger partial charge < -0.3 is 25.2 Å². The van der Waals surface area contributed by atoms with E-state index in [1.165, 1.54) is 7.11 Å². The minimum absolute atomic E-state index is 0.0742. The number of urea groups is 1. The molecule has 7 heteroatoms. The molecule has 2 atom stereocenters. The number of methoxy groups -OCH3 is 2. The fraction of sp³-hybridized carbons (Fsp3) is 0.800. The summed E-state index contributed by atoms with van der Waals surface area (Å²) in [5, 5.41) is 13.7. The first-order valence-corrected chi connectivity index (χ1v) is 5.29. The first-order chi connectivity index (χ1) is 8.01. The van der Waals surface area contributed by atoms with Gasteiger partial charge in [-0.15, -0.1) is 0 Å². The Morgan fingerprint density at radius 2 is 1.88 bits per heavy atom. The van der Waals surface area contributed by atoms with Gasteiger partial charge >= 0.3 is 12.0 Å². The highest BCUT2D eigenvalue weighted by molar-refractivity contribution is 5.82. The van der Waals surface area contributed by atoms with Gasteiger partial charge in [0.2, 0.25) is 0 Å². The van der Waals surface area contributed by atoms with Crippen molar-refractivity contribution >= 4 is 12.0 Å². The molecule has 0 aliphatic carbocycles. The molecule has 0 saturated carbocycles. The van der Waals surface area contributed by atoms with Crippen molar-refractivity contribution in [2.75, 3.05) is 27.4 Å². The molecule has 0 radical (unpaired) electrons. The van der Waals surface area contributed by atoms with E-state index < -0.39 is 18.0 Å². The minimum Gasteiger partial charge on any atom is -0.480 e. The molecule has 0 saturated heterocycles. The molecular weight excluding hydrogens is 228 g/mol. The van der Waals surface area contributed by atoms with E-state index >= 15 is 0 Å². The molecule has 100 valence electrons.